The smallest absolute Gasteiger partial charge is 1.00 e. The third kappa shape index (κ3) is 8.90. The average Bonchev–Trinajstić information content (AvgIpc) is 3.35. The number of fused-ring (bicyclic) bond motifs is 2. The van der Waals surface area contributed by atoms with Gasteiger partial charge in [0, 0.05) is 0 Å². The second-order valence-corrected chi connectivity index (χ2v) is 10.3. The minimum atomic E-state index is 0. The molecule has 0 aromatic heterocycles. The van der Waals surface area contributed by atoms with Gasteiger partial charge in [-0.3, -0.25) is 0 Å². The van der Waals surface area contributed by atoms with Gasteiger partial charge >= 0.3 is 25.8 Å². The number of unbranched alkanes of at least 4 members (excludes halogenated alkanes) is 2. The maximum atomic E-state index is 2.44. The zero-order valence-electron chi connectivity index (χ0n) is 18.4. The van der Waals surface area contributed by atoms with Crippen LogP contribution in [0.4, 0.5) is 0 Å². The van der Waals surface area contributed by atoms with Crippen LogP contribution in [0.3, 0.4) is 0 Å². The second kappa shape index (κ2) is 16.7. The number of halogens is 2. The fourth-order valence-electron chi connectivity index (χ4n) is 4.05. The number of hydrogen-bond donors (Lipinski definition) is 0. The van der Waals surface area contributed by atoms with E-state index in [4.69, 9.17) is 0 Å². The predicted molar refractivity (Wildman–Crippen MR) is 125 cm³/mol. The summed E-state index contributed by atoms with van der Waals surface area (Å²) < 4.78 is 0. The molecule has 2 aliphatic carbocycles. The maximum absolute atomic E-state index is 2.44. The molecule has 4 heteroatoms. The summed E-state index contributed by atoms with van der Waals surface area (Å²) >= 11 is 0. The minimum Gasteiger partial charge on any atom is -1.00 e. The van der Waals surface area contributed by atoms with Gasteiger partial charge in [-0.05, 0) is 37.5 Å². The van der Waals surface area contributed by atoms with Crippen molar-refractivity contribution in [2.45, 2.75) is 58.8 Å². The van der Waals surface area contributed by atoms with Crippen LogP contribution in [0.2, 0.25) is 0 Å². The van der Waals surface area contributed by atoms with Crippen LogP contribution in [0.5, 0.6) is 0 Å². The van der Waals surface area contributed by atoms with Gasteiger partial charge in [0.15, 0.2) is 0 Å². The molecule has 0 saturated heterocycles. The molecule has 1 fully saturated rings. The molecule has 0 radical (unpaired) electrons. The molecule has 0 N–H and O–H groups in total. The van der Waals surface area contributed by atoms with Crippen molar-refractivity contribution >= 4 is 24.0 Å². The first-order valence-corrected chi connectivity index (χ1v) is 12.6. The predicted octanol–water partition coefficient (Wildman–Crippen LogP) is 1.76. The Morgan fingerprint density at radius 2 is 1.73 bits per heavy atom. The topological polar surface area (TPSA) is 0 Å². The van der Waals surface area contributed by atoms with Crippen LogP contribution in [-0.4, -0.2) is 12.3 Å². The molecular formula is C26H35Cl2HfP. The number of allylic oxidation sites excluding steroid dienone is 4. The Hall–Kier alpha value is 0.0601. The molecule has 162 valence electrons. The summed E-state index contributed by atoms with van der Waals surface area (Å²) in [5.41, 5.74) is 1.58. The summed E-state index contributed by atoms with van der Waals surface area (Å²) in [6, 6.07) is 13.6. The molecule has 0 bridgehead atoms. The van der Waals surface area contributed by atoms with E-state index in [1.807, 2.05) is 0 Å². The summed E-state index contributed by atoms with van der Waals surface area (Å²) in [4.78, 5) is 0. The average molecular weight is 628 g/mol. The fourth-order valence-corrected chi connectivity index (χ4v) is 6.83. The van der Waals surface area contributed by atoms with E-state index in [0.717, 1.165) is 5.92 Å². The Labute approximate surface area is 217 Å². The van der Waals surface area contributed by atoms with Crippen molar-refractivity contribution in [1.29, 1.82) is 0 Å². The minimum absolute atomic E-state index is 0. The van der Waals surface area contributed by atoms with Crippen molar-refractivity contribution in [3.8, 4) is 0 Å². The van der Waals surface area contributed by atoms with Gasteiger partial charge in [-0.25, -0.2) is 18.1 Å². The van der Waals surface area contributed by atoms with Gasteiger partial charge in [0.1, 0.15) is 0 Å². The molecule has 1 saturated carbocycles. The number of hydrogen-bond acceptors (Lipinski definition) is 0. The van der Waals surface area contributed by atoms with E-state index >= 15 is 0 Å². The van der Waals surface area contributed by atoms with Crippen LogP contribution in [0.1, 0.15) is 58.8 Å². The van der Waals surface area contributed by atoms with Crippen molar-refractivity contribution in [3.63, 3.8) is 0 Å². The van der Waals surface area contributed by atoms with Gasteiger partial charge in [0.2, 0.25) is 0 Å². The molecule has 4 rings (SSSR count). The van der Waals surface area contributed by atoms with Crippen LogP contribution in [-0.2, 0) is 25.8 Å². The standard InChI is InChI=1S/C17H24P.C9H11.2ClH.Hf/c1-3-5-11-18(12-6-4-2)17-13-15-9-7-8-10-16(15)14-17;1-2-5-9-7-3-6-8(9)4-1;;;/h7-10,13-14H,3-6,11-12H2,1-2H3;1-2,4,6,9H,3,5,7H2;2*1H;/q2*-1;;;+4/p-2. The van der Waals surface area contributed by atoms with Crippen molar-refractivity contribution in [1.82, 2.24) is 0 Å². The van der Waals surface area contributed by atoms with E-state index in [2.05, 4.69) is 74.9 Å². The SMILES string of the molecule is C1=CCC2CC[CH-]C2=C1.CCCCP(CCCC)c1cc2ccccc2[cH-]1.[Cl-].[Cl-].[Hf+4]. The number of rotatable bonds is 7. The Balaban J connectivity index is 0.000000597. The van der Waals surface area contributed by atoms with E-state index < -0.39 is 0 Å². The van der Waals surface area contributed by atoms with Crippen LogP contribution in [0.15, 0.2) is 60.2 Å². The molecular weight excluding hydrogens is 593 g/mol. The van der Waals surface area contributed by atoms with Crippen molar-refractivity contribution < 1.29 is 50.7 Å². The number of benzene rings is 1. The Bertz CT molecular complexity index is 724. The Morgan fingerprint density at radius 1 is 1.03 bits per heavy atom. The molecule has 30 heavy (non-hydrogen) atoms. The van der Waals surface area contributed by atoms with E-state index in [1.165, 1.54) is 68.0 Å². The molecule has 0 spiro atoms. The molecule has 2 aliphatic rings. The van der Waals surface area contributed by atoms with E-state index in [-0.39, 0.29) is 58.6 Å². The second-order valence-electron chi connectivity index (χ2n) is 7.85. The van der Waals surface area contributed by atoms with Crippen LogP contribution in [0.25, 0.3) is 10.8 Å². The summed E-state index contributed by atoms with van der Waals surface area (Å²) in [5, 5.41) is 4.48. The first-order chi connectivity index (χ1) is 13.3. The molecule has 0 nitrogen and oxygen atoms in total. The maximum Gasteiger partial charge on any atom is 4.00 e. The van der Waals surface area contributed by atoms with Gasteiger partial charge in [0.05, 0.1) is 0 Å². The van der Waals surface area contributed by atoms with Crippen LogP contribution >= 0.6 is 7.92 Å². The van der Waals surface area contributed by atoms with Crippen LogP contribution in [0, 0.1) is 12.3 Å². The Morgan fingerprint density at radius 3 is 2.37 bits per heavy atom. The fraction of sp³-hybridized carbons (Fsp3) is 0.462. The summed E-state index contributed by atoms with van der Waals surface area (Å²) in [5.74, 6) is 0.884. The summed E-state index contributed by atoms with van der Waals surface area (Å²) in [7, 11) is 0.0856. The molecule has 0 heterocycles. The van der Waals surface area contributed by atoms with Gasteiger partial charge in [-0.1, -0.05) is 47.1 Å². The zero-order chi connectivity index (χ0) is 18.9. The molecule has 2 aromatic rings. The quantitative estimate of drug-likeness (QED) is 0.250. The van der Waals surface area contributed by atoms with Crippen molar-refractivity contribution in [2.24, 2.45) is 5.92 Å². The van der Waals surface area contributed by atoms with Gasteiger partial charge < -0.3 is 24.8 Å². The van der Waals surface area contributed by atoms with E-state index in [1.54, 1.807) is 10.9 Å². The largest absolute Gasteiger partial charge is 4.00 e. The third-order valence-electron chi connectivity index (χ3n) is 5.74. The molecule has 2 aromatic carbocycles. The van der Waals surface area contributed by atoms with Gasteiger partial charge in [-0.2, -0.15) is 6.07 Å². The third-order valence-corrected chi connectivity index (χ3v) is 8.44. The molecule has 1 atom stereocenters. The Kier molecular flexibility index (Phi) is 16.7. The van der Waals surface area contributed by atoms with Crippen molar-refractivity contribution in [3.05, 3.63) is 66.6 Å². The summed E-state index contributed by atoms with van der Waals surface area (Å²) in [6.07, 6.45) is 21.3. The monoisotopic (exact) mass is 628 g/mol. The first kappa shape index (κ1) is 30.1. The molecule has 0 amide bonds. The molecule has 1 unspecified atom stereocenters. The van der Waals surface area contributed by atoms with Gasteiger partial charge in [-0.15, -0.1) is 58.9 Å². The van der Waals surface area contributed by atoms with Crippen LogP contribution < -0.4 is 30.1 Å². The van der Waals surface area contributed by atoms with E-state index in [9.17, 15) is 0 Å². The molecule has 0 aliphatic heterocycles. The van der Waals surface area contributed by atoms with Gasteiger partial charge in [0.25, 0.3) is 0 Å². The first-order valence-electron chi connectivity index (χ1n) is 10.9. The zero-order valence-corrected chi connectivity index (χ0v) is 24.4. The van der Waals surface area contributed by atoms with Crippen molar-refractivity contribution in [2.75, 3.05) is 12.3 Å². The summed E-state index contributed by atoms with van der Waals surface area (Å²) in [6.45, 7) is 4.60. The normalized spacial score (nSPS) is 16.2. The van der Waals surface area contributed by atoms with E-state index in [0.29, 0.717) is 0 Å².